The molecule has 4 rings (SSSR count). The molecule has 1 N–H and O–H groups in total. The number of carbonyl (C=O) groups is 1. The third kappa shape index (κ3) is 3.00. The first-order valence-electron chi connectivity index (χ1n) is 8.09. The maximum atomic E-state index is 12.3. The van der Waals surface area contributed by atoms with Crippen molar-refractivity contribution in [2.75, 3.05) is 0 Å². The Morgan fingerprint density at radius 3 is 2.73 bits per heavy atom. The molecule has 1 amide bonds. The Labute approximate surface area is 148 Å². The van der Waals surface area contributed by atoms with Gasteiger partial charge in [-0.05, 0) is 23.8 Å². The second kappa shape index (κ2) is 6.67. The summed E-state index contributed by atoms with van der Waals surface area (Å²) in [5, 5.41) is 7.00. The zero-order chi connectivity index (χ0) is 17.9. The third-order valence-corrected chi connectivity index (χ3v) is 4.03. The molecule has 8 heteroatoms. The van der Waals surface area contributed by atoms with E-state index >= 15 is 0 Å². The number of benzene rings is 1. The van der Waals surface area contributed by atoms with E-state index in [0.717, 1.165) is 15.9 Å². The standard InChI is InChI=1S/C18H16N6O2/c25-17(12-24-18(26)23-9-4-3-7-16(23)21-24)20-11-14-5-1-2-6-15(14)22-10-8-19-13-22/h1-10,13H,11-12H2,(H,20,25). The van der Waals surface area contributed by atoms with Gasteiger partial charge in [-0.15, -0.1) is 5.10 Å². The summed E-state index contributed by atoms with van der Waals surface area (Å²) in [5.41, 5.74) is 2.06. The van der Waals surface area contributed by atoms with Crippen LogP contribution in [0.25, 0.3) is 11.3 Å². The van der Waals surface area contributed by atoms with Gasteiger partial charge in [0.25, 0.3) is 0 Å². The van der Waals surface area contributed by atoms with Crippen LogP contribution in [-0.2, 0) is 17.9 Å². The summed E-state index contributed by atoms with van der Waals surface area (Å²) in [4.78, 5) is 28.5. The Kier molecular flexibility index (Phi) is 4.06. The molecule has 0 unspecified atom stereocenters. The van der Waals surface area contributed by atoms with Crippen LogP contribution in [-0.4, -0.2) is 29.6 Å². The van der Waals surface area contributed by atoms with Crippen LogP contribution in [0.15, 0.2) is 72.2 Å². The highest BCUT2D eigenvalue weighted by Gasteiger charge is 2.11. The van der Waals surface area contributed by atoms with Crippen molar-refractivity contribution in [2.45, 2.75) is 13.1 Å². The summed E-state index contributed by atoms with van der Waals surface area (Å²) in [5.74, 6) is -0.282. The van der Waals surface area contributed by atoms with Gasteiger partial charge < -0.3 is 9.88 Å². The van der Waals surface area contributed by atoms with Crippen LogP contribution >= 0.6 is 0 Å². The van der Waals surface area contributed by atoms with Crippen molar-refractivity contribution in [1.29, 1.82) is 0 Å². The number of nitrogens with zero attached hydrogens (tertiary/aromatic N) is 5. The molecule has 3 heterocycles. The number of amides is 1. The Balaban J connectivity index is 1.48. The molecule has 0 saturated heterocycles. The molecule has 0 saturated carbocycles. The molecular weight excluding hydrogens is 332 g/mol. The molecule has 8 nitrogen and oxygen atoms in total. The Morgan fingerprint density at radius 1 is 1.08 bits per heavy atom. The van der Waals surface area contributed by atoms with Gasteiger partial charge in [-0.25, -0.2) is 14.5 Å². The smallest absolute Gasteiger partial charge is 0.350 e. The van der Waals surface area contributed by atoms with Crippen molar-refractivity contribution in [1.82, 2.24) is 29.0 Å². The van der Waals surface area contributed by atoms with Crippen LogP contribution < -0.4 is 11.0 Å². The topological polar surface area (TPSA) is 86.2 Å². The minimum atomic E-state index is -0.338. The highest BCUT2D eigenvalue weighted by molar-refractivity contribution is 5.75. The van der Waals surface area contributed by atoms with Crippen LogP contribution in [0.2, 0.25) is 0 Å². The maximum absolute atomic E-state index is 12.3. The van der Waals surface area contributed by atoms with E-state index in [4.69, 9.17) is 0 Å². The number of carbonyl (C=O) groups excluding carboxylic acids is 1. The van der Waals surface area contributed by atoms with Crippen molar-refractivity contribution in [3.05, 3.63) is 83.4 Å². The molecule has 1 aromatic carbocycles. The molecular formula is C18H16N6O2. The molecule has 0 spiro atoms. The number of hydrogen-bond donors (Lipinski definition) is 1. The lowest BCUT2D eigenvalue weighted by Crippen LogP contribution is -2.32. The van der Waals surface area contributed by atoms with Gasteiger partial charge in [-0.1, -0.05) is 24.3 Å². The minimum absolute atomic E-state index is 0.131. The number of para-hydroxylation sites is 1. The minimum Gasteiger partial charge on any atom is -0.350 e. The molecule has 0 bridgehead atoms. The first-order chi connectivity index (χ1) is 12.7. The Hall–Kier alpha value is -3.68. The summed E-state index contributed by atoms with van der Waals surface area (Å²) in [6.07, 6.45) is 6.87. The summed E-state index contributed by atoms with van der Waals surface area (Å²) in [6.45, 7) is 0.211. The van der Waals surface area contributed by atoms with Crippen molar-refractivity contribution >= 4 is 11.6 Å². The quantitative estimate of drug-likeness (QED) is 0.583. The average Bonchev–Trinajstić information content (AvgIpc) is 3.30. The Bertz CT molecular complexity index is 1110. The monoisotopic (exact) mass is 348 g/mol. The lowest BCUT2D eigenvalue weighted by atomic mass is 10.1. The molecule has 0 atom stereocenters. The normalized spacial score (nSPS) is 10.9. The van der Waals surface area contributed by atoms with Crippen molar-refractivity contribution in [3.63, 3.8) is 0 Å². The van der Waals surface area contributed by atoms with Gasteiger partial charge in [-0.2, -0.15) is 0 Å². The van der Waals surface area contributed by atoms with Gasteiger partial charge in [0.1, 0.15) is 6.54 Å². The highest BCUT2D eigenvalue weighted by Crippen LogP contribution is 2.13. The number of pyridine rings is 1. The van der Waals surface area contributed by atoms with Crippen molar-refractivity contribution in [3.8, 4) is 5.69 Å². The van der Waals surface area contributed by atoms with Crippen LogP contribution in [0.1, 0.15) is 5.56 Å². The van der Waals surface area contributed by atoms with E-state index < -0.39 is 0 Å². The molecule has 26 heavy (non-hydrogen) atoms. The van der Waals surface area contributed by atoms with E-state index in [0.29, 0.717) is 12.2 Å². The maximum Gasteiger partial charge on any atom is 0.350 e. The van der Waals surface area contributed by atoms with E-state index in [1.165, 1.54) is 4.40 Å². The zero-order valence-electron chi connectivity index (χ0n) is 13.8. The van der Waals surface area contributed by atoms with E-state index in [1.54, 1.807) is 36.9 Å². The number of fused-ring (bicyclic) bond motifs is 1. The molecule has 130 valence electrons. The average molecular weight is 348 g/mol. The van der Waals surface area contributed by atoms with Crippen molar-refractivity contribution in [2.24, 2.45) is 0 Å². The molecule has 0 aliphatic rings. The van der Waals surface area contributed by atoms with Gasteiger partial charge in [0.2, 0.25) is 5.91 Å². The zero-order valence-corrected chi connectivity index (χ0v) is 13.8. The van der Waals surface area contributed by atoms with E-state index in [9.17, 15) is 9.59 Å². The Morgan fingerprint density at radius 2 is 1.92 bits per heavy atom. The fourth-order valence-electron chi connectivity index (χ4n) is 2.77. The molecule has 0 fully saturated rings. The number of rotatable bonds is 5. The van der Waals surface area contributed by atoms with Gasteiger partial charge in [-0.3, -0.25) is 9.20 Å². The second-order valence-electron chi connectivity index (χ2n) is 5.74. The summed E-state index contributed by atoms with van der Waals surface area (Å²) >= 11 is 0. The number of aromatic nitrogens is 5. The fourth-order valence-corrected chi connectivity index (χ4v) is 2.77. The van der Waals surface area contributed by atoms with E-state index in [2.05, 4.69) is 15.4 Å². The van der Waals surface area contributed by atoms with Gasteiger partial charge >= 0.3 is 5.69 Å². The predicted octanol–water partition coefficient (Wildman–Crippen LogP) is 0.998. The highest BCUT2D eigenvalue weighted by atomic mass is 16.2. The van der Waals surface area contributed by atoms with Gasteiger partial charge in [0, 0.05) is 25.1 Å². The first kappa shape index (κ1) is 15.8. The number of nitrogens with one attached hydrogen (secondary N) is 1. The summed E-state index contributed by atoms with van der Waals surface area (Å²) < 4.78 is 4.45. The largest absolute Gasteiger partial charge is 0.350 e. The third-order valence-electron chi connectivity index (χ3n) is 4.03. The van der Waals surface area contributed by atoms with Gasteiger partial charge in [0.15, 0.2) is 5.65 Å². The van der Waals surface area contributed by atoms with Crippen LogP contribution in [0.3, 0.4) is 0 Å². The van der Waals surface area contributed by atoms with Crippen LogP contribution in [0.4, 0.5) is 0 Å². The van der Waals surface area contributed by atoms with E-state index in [1.807, 2.05) is 35.0 Å². The predicted molar refractivity (Wildman–Crippen MR) is 94.9 cm³/mol. The van der Waals surface area contributed by atoms with Crippen LogP contribution in [0, 0.1) is 0 Å². The fraction of sp³-hybridized carbons (Fsp3) is 0.111. The van der Waals surface area contributed by atoms with Crippen LogP contribution in [0.5, 0.6) is 0 Å². The summed E-state index contributed by atoms with van der Waals surface area (Å²) in [6, 6.07) is 13.0. The van der Waals surface area contributed by atoms with Crippen molar-refractivity contribution < 1.29 is 4.79 Å². The van der Waals surface area contributed by atoms with Gasteiger partial charge in [0.05, 0.1) is 12.0 Å². The lowest BCUT2D eigenvalue weighted by molar-refractivity contribution is -0.122. The van der Waals surface area contributed by atoms with E-state index in [-0.39, 0.29) is 18.1 Å². The molecule has 0 radical (unpaired) electrons. The first-order valence-corrected chi connectivity index (χ1v) is 8.09. The molecule has 0 aliphatic heterocycles. The number of hydrogen-bond acceptors (Lipinski definition) is 4. The molecule has 3 aromatic heterocycles. The SMILES string of the molecule is O=C(Cn1nc2ccccn2c1=O)NCc1ccccc1-n1ccnc1. The molecule has 0 aliphatic carbocycles. The number of imidazole rings is 1. The molecule has 4 aromatic rings. The lowest BCUT2D eigenvalue weighted by Gasteiger charge is -2.11. The summed E-state index contributed by atoms with van der Waals surface area (Å²) in [7, 11) is 0. The second-order valence-corrected chi connectivity index (χ2v) is 5.74.